The van der Waals surface area contributed by atoms with Crippen molar-refractivity contribution in [2.75, 3.05) is 6.61 Å². The number of esters is 1. The van der Waals surface area contributed by atoms with Gasteiger partial charge in [0.1, 0.15) is 11.9 Å². The molecule has 6 heteroatoms. The van der Waals surface area contributed by atoms with Crippen molar-refractivity contribution in [1.82, 2.24) is 0 Å². The van der Waals surface area contributed by atoms with E-state index in [0.717, 1.165) is 0 Å². The van der Waals surface area contributed by atoms with Crippen LogP contribution in [0.4, 0.5) is 0 Å². The Labute approximate surface area is 62.5 Å². The van der Waals surface area contributed by atoms with Crippen LogP contribution < -0.4 is 0 Å². The van der Waals surface area contributed by atoms with E-state index in [1.807, 2.05) is 0 Å². The molecule has 0 N–H and O–H groups in total. The molecule has 1 heterocycles. The van der Waals surface area contributed by atoms with Crippen LogP contribution in [0.1, 0.15) is 6.42 Å². The van der Waals surface area contributed by atoms with Crippen LogP contribution in [0, 0.1) is 0 Å². The molecule has 1 atom stereocenters. The van der Waals surface area contributed by atoms with E-state index in [1.54, 1.807) is 0 Å². The largest absolute Gasteiger partial charge is 0.464 e. The van der Waals surface area contributed by atoms with E-state index in [0.29, 0.717) is 0 Å². The van der Waals surface area contributed by atoms with Crippen LogP contribution in [0.3, 0.4) is 0 Å². The lowest BCUT2D eigenvalue weighted by molar-refractivity contribution is -0.137. The lowest BCUT2D eigenvalue weighted by Crippen LogP contribution is -2.15. The number of halogens is 1. The Morgan fingerprint density at radius 1 is 1.60 bits per heavy atom. The van der Waals surface area contributed by atoms with Gasteiger partial charge in [-0.25, -0.2) is 8.42 Å². The van der Waals surface area contributed by atoms with Crippen molar-refractivity contribution in [1.29, 1.82) is 0 Å². The second-order valence-electron chi connectivity index (χ2n) is 1.98. The van der Waals surface area contributed by atoms with Gasteiger partial charge >= 0.3 is 5.97 Å². The Hall–Kier alpha value is -0.290. The summed E-state index contributed by atoms with van der Waals surface area (Å²) in [5, 5.41) is -0.846. The molecule has 58 valence electrons. The van der Waals surface area contributed by atoms with E-state index < -0.39 is 20.3 Å². The normalized spacial score (nSPS) is 26.5. The Bertz CT molecular complexity index is 244. The number of cyclic esters (lactones) is 1. The van der Waals surface area contributed by atoms with Gasteiger partial charge < -0.3 is 4.74 Å². The number of ether oxygens (including phenoxy) is 1. The molecule has 0 aromatic carbocycles. The molecule has 0 spiro atoms. The molecule has 1 aliphatic heterocycles. The molecule has 4 nitrogen and oxygen atoms in total. The minimum atomic E-state index is -3.61. The lowest BCUT2D eigenvalue weighted by atomic mass is 10.4. The highest BCUT2D eigenvalue weighted by Crippen LogP contribution is 2.17. The summed E-state index contributed by atoms with van der Waals surface area (Å²) in [7, 11) is 1.34. The zero-order chi connectivity index (χ0) is 7.78. The maximum Gasteiger partial charge on any atom is 0.307 e. The molecule has 1 rings (SSSR count). The summed E-state index contributed by atoms with van der Waals surface area (Å²) >= 11 is 0. The maximum absolute atomic E-state index is 10.5. The molecule has 1 aliphatic rings. The monoisotopic (exact) mass is 184 g/mol. The van der Waals surface area contributed by atoms with Crippen molar-refractivity contribution in [2.24, 2.45) is 0 Å². The van der Waals surface area contributed by atoms with Crippen molar-refractivity contribution in [2.45, 2.75) is 11.7 Å². The van der Waals surface area contributed by atoms with E-state index in [4.69, 9.17) is 10.7 Å². The minimum absolute atomic E-state index is 0.106. The fourth-order valence-corrected chi connectivity index (χ4v) is 1.58. The van der Waals surface area contributed by atoms with Crippen LogP contribution >= 0.6 is 10.7 Å². The van der Waals surface area contributed by atoms with Crippen LogP contribution in [-0.2, 0) is 18.6 Å². The minimum Gasteiger partial charge on any atom is -0.464 e. The SMILES string of the molecule is O=C1CC(S(=O)(=O)Cl)CO1. The van der Waals surface area contributed by atoms with Crippen molar-refractivity contribution >= 4 is 25.7 Å². The standard InChI is InChI=1S/C4H5ClO4S/c5-10(7,8)3-1-4(6)9-2-3/h3H,1-2H2. The summed E-state index contributed by atoms with van der Waals surface area (Å²) in [5.41, 5.74) is 0. The van der Waals surface area contributed by atoms with Gasteiger partial charge in [0.05, 0.1) is 6.42 Å². The third kappa shape index (κ3) is 1.60. The topological polar surface area (TPSA) is 60.4 Å². The summed E-state index contributed by atoms with van der Waals surface area (Å²) < 4.78 is 25.4. The van der Waals surface area contributed by atoms with Gasteiger partial charge in [0.25, 0.3) is 0 Å². The number of rotatable bonds is 1. The fraction of sp³-hybridized carbons (Fsp3) is 0.750. The van der Waals surface area contributed by atoms with Crippen LogP contribution in [0.25, 0.3) is 0 Å². The van der Waals surface area contributed by atoms with Gasteiger partial charge in [-0.1, -0.05) is 0 Å². The molecule has 0 saturated carbocycles. The first-order valence-corrected chi connectivity index (χ1v) is 4.96. The van der Waals surface area contributed by atoms with E-state index >= 15 is 0 Å². The molecule has 0 aliphatic carbocycles. The molecule has 1 saturated heterocycles. The summed E-state index contributed by atoms with van der Waals surface area (Å²) in [6.07, 6.45) is -0.119. The highest BCUT2D eigenvalue weighted by molar-refractivity contribution is 8.14. The highest BCUT2D eigenvalue weighted by atomic mass is 35.7. The predicted octanol–water partition coefficient (Wildman–Crippen LogP) is -0.130. The summed E-state index contributed by atoms with van der Waals surface area (Å²) in [6.45, 7) is -0.106. The molecule has 10 heavy (non-hydrogen) atoms. The molecule has 1 unspecified atom stereocenters. The van der Waals surface area contributed by atoms with Crippen LogP contribution in [0.5, 0.6) is 0 Å². The molecule has 0 aromatic heterocycles. The van der Waals surface area contributed by atoms with Gasteiger partial charge in [-0.2, -0.15) is 0 Å². The molecule has 0 bridgehead atoms. The predicted molar refractivity (Wildman–Crippen MR) is 34.1 cm³/mol. The molecule has 0 radical (unpaired) electrons. The molecule has 1 fully saturated rings. The second kappa shape index (κ2) is 2.39. The quantitative estimate of drug-likeness (QED) is 0.421. The lowest BCUT2D eigenvalue weighted by Gasteiger charge is -1.96. The van der Waals surface area contributed by atoms with E-state index in [-0.39, 0.29) is 13.0 Å². The zero-order valence-corrected chi connectivity index (χ0v) is 6.48. The Morgan fingerprint density at radius 2 is 2.20 bits per heavy atom. The second-order valence-corrected chi connectivity index (χ2v) is 4.89. The van der Waals surface area contributed by atoms with Crippen molar-refractivity contribution < 1.29 is 17.9 Å². The summed E-state index contributed by atoms with van der Waals surface area (Å²) in [5.74, 6) is -0.505. The maximum atomic E-state index is 10.5. The van der Waals surface area contributed by atoms with E-state index in [1.165, 1.54) is 0 Å². The summed E-state index contributed by atoms with van der Waals surface area (Å²) in [4.78, 5) is 10.4. The third-order valence-corrected chi connectivity index (χ3v) is 3.08. The smallest absolute Gasteiger partial charge is 0.307 e. The first kappa shape index (κ1) is 7.81. The van der Waals surface area contributed by atoms with Gasteiger partial charge in [-0.3, -0.25) is 4.79 Å². The number of hydrogen-bond donors (Lipinski definition) is 0. The van der Waals surface area contributed by atoms with Crippen LogP contribution in [0.2, 0.25) is 0 Å². The van der Waals surface area contributed by atoms with Crippen molar-refractivity contribution in [3.63, 3.8) is 0 Å². The Kier molecular flexibility index (Phi) is 1.87. The fourth-order valence-electron chi connectivity index (χ4n) is 0.670. The average Bonchev–Trinajstić information content (AvgIpc) is 2.11. The zero-order valence-electron chi connectivity index (χ0n) is 4.91. The Morgan fingerprint density at radius 3 is 2.40 bits per heavy atom. The van der Waals surface area contributed by atoms with Gasteiger partial charge in [0.15, 0.2) is 0 Å². The molecular formula is C4H5ClO4S. The molecular weight excluding hydrogens is 180 g/mol. The van der Waals surface area contributed by atoms with E-state index in [9.17, 15) is 13.2 Å². The van der Waals surface area contributed by atoms with Crippen molar-refractivity contribution in [3.8, 4) is 0 Å². The average molecular weight is 185 g/mol. The number of carbonyl (C=O) groups excluding carboxylic acids is 1. The van der Waals surface area contributed by atoms with Crippen molar-refractivity contribution in [3.05, 3.63) is 0 Å². The number of hydrogen-bond acceptors (Lipinski definition) is 4. The van der Waals surface area contributed by atoms with Crippen LogP contribution in [0.15, 0.2) is 0 Å². The van der Waals surface area contributed by atoms with E-state index in [2.05, 4.69) is 4.74 Å². The van der Waals surface area contributed by atoms with Gasteiger partial charge in [0, 0.05) is 10.7 Å². The number of carbonyl (C=O) groups is 1. The van der Waals surface area contributed by atoms with Gasteiger partial charge in [-0.05, 0) is 0 Å². The molecule has 0 amide bonds. The van der Waals surface area contributed by atoms with Gasteiger partial charge in [-0.15, -0.1) is 0 Å². The van der Waals surface area contributed by atoms with Crippen LogP contribution in [-0.4, -0.2) is 26.2 Å². The highest BCUT2D eigenvalue weighted by Gasteiger charge is 2.33. The summed E-state index contributed by atoms with van der Waals surface area (Å²) in [6, 6.07) is 0. The molecule has 0 aromatic rings. The van der Waals surface area contributed by atoms with Gasteiger partial charge in [0.2, 0.25) is 9.05 Å². The Balaban J connectivity index is 2.71. The first-order chi connectivity index (χ1) is 4.50. The third-order valence-electron chi connectivity index (χ3n) is 1.22. The first-order valence-electron chi connectivity index (χ1n) is 2.59.